The van der Waals surface area contributed by atoms with Crippen molar-refractivity contribution in [1.82, 2.24) is 16.0 Å². The number of alkyl carbamates (subject to hydrolysis) is 1. The van der Waals surface area contributed by atoms with Gasteiger partial charge in [-0.2, -0.15) is 0 Å². The van der Waals surface area contributed by atoms with Gasteiger partial charge in [0.05, 0.1) is 6.04 Å². The molecule has 1 saturated heterocycles. The topological polar surface area (TPSA) is 174 Å². The molecule has 0 radical (unpaired) electrons. The van der Waals surface area contributed by atoms with Crippen molar-refractivity contribution in [2.24, 2.45) is 11.8 Å². The van der Waals surface area contributed by atoms with Gasteiger partial charge in [-0.25, -0.2) is 13.2 Å². The Balaban J connectivity index is 0.00000588. The molecule has 4 atom stereocenters. The number of hydrogen-bond acceptors (Lipinski definition) is 8. The molecule has 1 aromatic rings. The van der Waals surface area contributed by atoms with Crippen LogP contribution in [0.3, 0.4) is 0 Å². The fourth-order valence-corrected chi connectivity index (χ4v) is 6.09. The van der Waals surface area contributed by atoms with Crippen molar-refractivity contribution in [3.05, 3.63) is 34.9 Å². The van der Waals surface area contributed by atoms with Crippen molar-refractivity contribution < 1.29 is 66.8 Å². The molecule has 3 amide bonds. The minimum absolute atomic E-state index is 0. The van der Waals surface area contributed by atoms with E-state index in [2.05, 4.69) is 16.0 Å². The largest absolute Gasteiger partial charge is 1.00 e. The molecule has 4 N–H and O–H groups in total. The summed E-state index contributed by atoms with van der Waals surface area (Å²) in [5.41, 5.74) is -2.18. The SMILES string of the molecule is CC(C)(COC(=O)N[C@@H](CC1CCCCC1)C(=O)N[C@@H](C[C@@H]1CCNC1=O)C(O)S(=O)(=O)[O-])c1cccc(Cl)c1.[Na+]. The van der Waals surface area contributed by atoms with E-state index in [-0.39, 0.29) is 60.8 Å². The number of carbonyl (C=O) groups is 3. The van der Waals surface area contributed by atoms with Gasteiger partial charge in [0.15, 0.2) is 5.44 Å². The van der Waals surface area contributed by atoms with Crippen LogP contribution in [0.2, 0.25) is 5.02 Å². The van der Waals surface area contributed by atoms with Gasteiger partial charge in [-0.1, -0.05) is 69.7 Å². The maximum Gasteiger partial charge on any atom is 1.00 e. The van der Waals surface area contributed by atoms with Crippen LogP contribution in [-0.4, -0.2) is 66.7 Å². The average molecular weight is 624 g/mol. The summed E-state index contributed by atoms with van der Waals surface area (Å²) in [7, 11) is -5.20. The fourth-order valence-electron chi connectivity index (χ4n) is 5.32. The first-order valence-electron chi connectivity index (χ1n) is 13.7. The Morgan fingerprint density at radius 1 is 1.17 bits per heavy atom. The number of halogens is 1. The number of amides is 3. The second-order valence-corrected chi connectivity index (χ2v) is 13.3. The van der Waals surface area contributed by atoms with Gasteiger partial charge in [0.1, 0.15) is 22.8 Å². The van der Waals surface area contributed by atoms with Gasteiger partial charge < -0.3 is 30.3 Å². The van der Waals surface area contributed by atoms with Gasteiger partial charge in [-0.15, -0.1) is 0 Å². The Hall–Kier alpha value is -1.41. The summed E-state index contributed by atoms with van der Waals surface area (Å²) in [4.78, 5) is 38.3. The molecule has 0 aromatic heterocycles. The molecule has 1 heterocycles. The quantitative estimate of drug-likeness (QED) is 0.179. The van der Waals surface area contributed by atoms with E-state index in [1.165, 1.54) is 0 Å². The first-order chi connectivity index (χ1) is 18.8. The monoisotopic (exact) mass is 623 g/mol. The van der Waals surface area contributed by atoms with Gasteiger partial charge in [0, 0.05) is 22.9 Å². The molecule has 1 aliphatic heterocycles. The first-order valence-corrected chi connectivity index (χ1v) is 15.5. The number of carbonyl (C=O) groups excluding carboxylic acids is 3. The summed E-state index contributed by atoms with van der Waals surface area (Å²) >= 11 is 6.10. The summed E-state index contributed by atoms with van der Waals surface area (Å²) in [5, 5.41) is 18.4. The first kappa shape index (κ1) is 35.8. The molecule has 2 aliphatic rings. The number of hydrogen-bond donors (Lipinski definition) is 4. The van der Waals surface area contributed by atoms with Crippen molar-refractivity contribution in [3.8, 4) is 0 Å². The van der Waals surface area contributed by atoms with E-state index in [1.54, 1.807) is 18.2 Å². The van der Waals surface area contributed by atoms with Crippen LogP contribution in [0.4, 0.5) is 4.79 Å². The van der Waals surface area contributed by atoms with Crippen LogP contribution in [0, 0.1) is 11.8 Å². The van der Waals surface area contributed by atoms with E-state index in [4.69, 9.17) is 16.3 Å². The number of aliphatic hydroxyl groups excluding tert-OH is 1. The molecule has 1 saturated carbocycles. The zero-order chi connectivity index (χ0) is 29.5. The normalized spacial score (nSPS) is 20.2. The Morgan fingerprint density at radius 3 is 2.44 bits per heavy atom. The summed E-state index contributed by atoms with van der Waals surface area (Å²) in [6.45, 7) is 4.12. The molecule has 1 unspecified atom stereocenters. The van der Waals surface area contributed by atoms with E-state index in [9.17, 15) is 32.5 Å². The molecule has 41 heavy (non-hydrogen) atoms. The van der Waals surface area contributed by atoms with Crippen molar-refractivity contribution in [1.29, 1.82) is 0 Å². The van der Waals surface area contributed by atoms with Crippen LogP contribution in [0.25, 0.3) is 0 Å². The summed E-state index contributed by atoms with van der Waals surface area (Å²) < 4.78 is 40.4. The summed E-state index contributed by atoms with van der Waals surface area (Å²) in [5.74, 6) is -1.65. The molecule has 0 spiro atoms. The van der Waals surface area contributed by atoms with Crippen LogP contribution in [0.1, 0.15) is 70.8 Å². The van der Waals surface area contributed by atoms with Crippen molar-refractivity contribution >= 4 is 39.6 Å². The second-order valence-electron chi connectivity index (χ2n) is 11.4. The molecule has 0 bridgehead atoms. The van der Waals surface area contributed by atoms with Crippen molar-refractivity contribution in [3.63, 3.8) is 0 Å². The van der Waals surface area contributed by atoms with E-state index >= 15 is 0 Å². The van der Waals surface area contributed by atoms with E-state index in [0.717, 1.165) is 37.7 Å². The molecule has 224 valence electrons. The van der Waals surface area contributed by atoms with Crippen LogP contribution >= 0.6 is 11.6 Å². The Morgan fingerprint density at radius 2 is 1.85 bits per heavy atom. The molecule has 1 aliphatic carbocycles. The van der Waals surface area contributed by atoms with E-state index < -0.39 is 51.0 Å². The molecule has 2 fully saturated rings. The van der Waals surface area contributed by atoms with E-state index in [0.29, 0.717) is 18.0 Å². The van der Waals surface area contributed by atoms with Gasteiger partial charge >= 0.3 is 35.7 Å². The van der Waals surface area contributed by atoms with Crippen LogP contribution < -0.4 is 45.5 Å². The molecular formula is C27H39ClN3NaO8S. The zero-order valence-corrected chi connectivity index (χ0v) is 27.4. The molecular weight excluding hydrogens is 585 g/mol. The fraction of sp³-hybridized carbons (Fsp3) is 0.667. The van der Waals surface area contributed by atoms with Crippen LogP contribution in [0.15, 0.2) is 24.3 Å². The average Bonchev–Trinajstić information content (AvgIpc) is 3.30. The summed E-state index contributed by atoms with van der Waals surface area (Å²) in [6.07, 6.45) is 4.36. The third-order valence-electron chi connectivity index (χ3n) is 7.74. The predicted molar refractivity (Wildman–Crippen MR) is 147 cm³/mol. The molecule has 14 heteroatoms. The smallest absolute Gasteiger partial charge is 0.746 e. The molecule has 3 rings (SSSR count). The number of nitrogens with one attached hydrogen (secondary N) is 3. The van der Waals surface area contributed by atoms with Gasteiger partial charge in [0.25, 0.3) is 0 Å². The van der Waals surface area contributed by atoms with Gasteiger partial charge in [-0.05, 0) is 42.9 Å². The number of ether oxygens (including phenoxy) is 1. The molecule has 11 nitrogen and oxygen atoms in total. The number of rotatable bonds is 12. The van der Waals surface area contributed by atoms with Crippen LogP contribution in [0.5, 0.6) is 0 Å². The maximum absolute atomic E-state index is 13.4. The van der Waals surface area contributed by atoms with E-state index in [1.807, 2.05) is 19.9 Å². The second kappa shape index (κ2) is 15.9. The predicted octanol–water partition coefficient (Wildman–Crippen LogP) is -0.439. The minimum Gasteiger partial charge on any atom is -0.746 e. The maximum atomic E-state index is 13.4. The third kappa shape index (κ3) is 11.0. The van der Waals surface area contributed by atoms with Gasteiger partial charge in [-0.3, -0.25) is 9.59 Å². The zero-order valence-electron chi connectivity index (χ0n) is 23.9. The Bertz CT molecular complexity index is 1160. The third-order valence-corrected chi connectivity index (χ3v) is 8.90. The number of benzene rings is 1. The standard InChI is InChI=1S/C27H40ClN3O8S.Na/c1-27(2,19-9-6-10-20(28)15-19)16-39-26(35)31-21(13-17-7-4-3-5-8-17)24(33)30-22(25(34)40(36,37)38)14-18-11-12-29-23(18)32;/h6,9-10,15,17-18,21-22,25,34H,3-5,7-8,11-14,16H2,1-2H3,(H,29,32)(H,30,33)(H,31,35)(H,36,37,38);/q;+1/p-1/t18-,21-,22-,25?;/m0./s1. The van der Waals surface area contributed by atoms with Crippen molar-refractivity contribution in [2.75, 3.05) is 13.2 Å². The Kier molecular flexibility index (Phi) is 13.9. The van der Waals surface area contributed by atoms with Gasteiger partial charge in [0.2, 0.25) is 11.8 Å². The van der Waals surface area contributed by atoms with Crippen LogP contribution in [-0.2, 0) is 29.9 Å². The summed E-state index contributed by atoms with van der Waals surface area (Å²) in [6, 6.07) is 4.55. The number of aliphatic hydroxyl groups is 1. The van der Waals surface area contributed by atoms with Crippen molar-refractivity contribution in [2.45, 2.75) is 88.1 Å². The Labute approximate surface area is 268 Å². The minimum atomic E-state index is -5.20. The molecule has 1 aromatic carbocycles.